The summed E-state index contributed by atoms with van der Waals surface area (Å²) < 4.78 is 1.80. The molecule has 1 aromatic heterocycles. The minimum Gasteiger partial charge on any atom is -0.307 e. The van der Waals surface area contributed by atoms with Crippen molar-refractivity contribution in [3.8, 4) is 0 Å². The average molecular weight is 352 g/mol. The number of aryl methyl sites for hydroxylation is 2. The third-order valence-electron chi connectivity index (χ3n) is 5.66. The third kappa shape index (κ3) is 3.54. The van der Waals surface area contributed by atoms with Crippen molar-refractivity contribution >= 4 is 11.7 Å². The molecule has 2 aliphatic rings. The normalized spacial score (nSPS) is 20.2. The van der Waals surface area contributed by atoms with E-state index in [1.165, 1.54) is 37.1 Å². The molecule has 0 unspecified atom stereocenters. The van der Waals surface area contributed by atoms with E-state index in [1.807, 2.05) is 19.2 Å². The van der Waals surface area contributed by atoms with Crippen LogP contribution >= 0.6 is 0 Å². The summed E-state index contributed by atoms with van der Waals surface area (Å²) >= 11 is 0. The van der Waals surface area contributed by atoms with Crippen LogP contribution in [0.1, 0.15) is 53.4 Å². The molecule has 2 aromatic rings. The van der Waals surface area contributed by atoms with Crippen molar-refractivity contribution in [2.75, 3.05) is 18.4 Å². The first kappa shape index (κ1) is 17.3. The van der Waals surface area contributed by atoms with E-state index < -0.39 is 0 Å². The summed E-state index contributed by atoms with van der Waals surface area (Å²) in [5, 5.41) is 7.58. The number of piperidine rings is 1. The molecule has 4 rings (SSSR count). The molecular formula is C21H28N4O. The molecule has 1 fully saturated rings. The van der Waals surface area contributed by atoms with Crippen LogP contribution in [-0.2, 0) is 26.4 Å². The maximum atomic E-state index is 12.6. The summed E-state index contributed by atoms with van der Waals surface area (Å²) in [5.74, 6) is 1.59. The summed E-state index contributed by atoms with van der Waals surface area (Å²) in [4.78, 5) is 15.2. The second-order valence-corrected chi connectivity index (χ2v) is 7.88. The van der Waals surface area contributed by atoms with Crippen molar-refractivity contribution in [1.82, 2.24) is 14.7 Å². The number of likely N-dealkylation sites (tertiary alicyclic amines) is 1. The lowest BCUT2D eigenvalue weighted by atomic mass is 9.99. The number of carbonyl (C=O) groups is 1. The van der Waals surface area contributed by atoms with Gasteiger partial charge in [-0.05, 0) is 62.3 Å². The SMILES string of the molecule is C[C@H]1CCCN(Cc2ccc(C(=O)Nc3c4c(nn3C)CCC4)cc2)C1. The first-order valence-corrected chi connectivity index (χ1v) is 9.77. The maximum Gasteiger partial charge on any atom is 0.256 e. The molecule has 1 amide bonds. The summed E-state index contributed by atoms with van der Waals surface area (Å²) in [6.45, 7) is 5.66. The predicted octanol–water partition coefficient (Wildman–Crippen LogP) is 3.39. The number of nitrogens with one attached hydrogen (secondary N) is 1. The van der Waals surface area contributed by atoms with E-state index in [0.717, 1.165) is 43.2 Å². The van der Waals surface area contributed by atoms with Gasteiger partial charge in [-0.25, -0.2) is 0 Å². The molecule has 0 bridgehead atoms. The first-order chi connectivity index (χ1) is 12.6. The highest BCUT2D eigenvalue weighted by Gasteiger charge is 2.22. The van der Waals surface area contributed by atoms with Gasteiger partial charge >= 0.3 is 0 Å². The number of benzene rings is 1. The van der Waals surface area contributed by atoms with E-state index in [-0.39, 0.29) is 5.91 Å². The number of nitrogens with zero attached hydrogens (tertiary/aromatic N) is 3. The van der Waals surface area contributed by atoms with Crippen LogP contribution in [0.15, 0.2) is 24.3 Å². The topological polar surface area (TPSA) is 50.2 Å². The standard InChI is InChI=1S/C21H28N4O/c1-15-5-4-12-25(13-15)14-16-8-10-17(11-9-16)21(26)22-20-18-6-3-7-19(18)23-24(20)2/h8-11,15H,3-7,12-14H2,1-2H3,(H,22,26)/t15-/m0/s1. The Morgan fingerprint density at radius 2 is 2.04 bits per heavy atom. The van der Waals surface area contributed by atoms with E-state index in [1.54, 1.807) is 4.68 Å². The van der Waals surface area contributed by atoms with E-state index in [4.69, 9.17) is 0 Å². The van der Waals surface area contributed by atoms with Crippen molar-refractivity contribution < 1.29 is 4.79 Å². The van der Waals surface area contributed by atoms with Crippen LogP contribution in [0.3, 0.4) is 0 Å². The first-order valence-electron chi connectivity index (χ1n) is 9.77. The lowest BCUT2D eigenvalue weighted by Crippen LogP contribution is -2.33. The minimum atomic E-state index is -0.0548. The molecule has 0 saturated carbocycles. The number of anilines is 1. The number of fused-ring (bicyclic) bond motifs is 1. The van der Waals surface area contributed by atoms with E-state index in [9.17, 15) is 4.79 Å². The lowest BCUT2D eigenvalue weighted by molar-refractivity contribution is 0.102. The van der Waals surface area contributed by atoms with Crippen molar-refractivity contribution in [3.63, 3.8) is 0 Å². The highest BCUT2D eigenvalue weighted by atomic mass is 16.1. The number of hydrogen-bond donors (Lipinski definition) is 1. The summed E-state index contributed by atoms with van der Waals surface area (Å²) in [5.41, 5.74) is 4.32. The van der Waals surface area contributed by atoms with Crippen LogP contribution in [0, 0.1) is 5.92 Å². The largest absolute Gasteiger partial charge is 0.307 e. The molecule has 0 radical (unpaired) electrons. The highest BCUT2D eigenvalue weighted by Crippen LogP contribution is 2.28. The third-order valence-corrected chi connectivity index (χ3v) is 5.66. The molecule has 26 heavy (non-hydrogen) atoms. The molecule has 1 aliphatic carbocycles. The van der Waals surface area contributed by atoms with Gasteiger partial charge in [-0.1, -0.05) is 19.1 Å². The molecule has 1 atom stereocenters. The van der Waals surface area contributed by atoms with Crippen molar-refractivity contribution in [2.45, 2.75) is 45.6 Å². The molecule has 1 aromatic carbocycles. The van der Waals surface area contributed by atoms with Gasteiger partial charge in [0.25, 0.3) is 5.91 Å². The fourth-order valence-corrected chi connectivity index (χ4v) is 4.31. The zero-order valence-corrected chi connectivity index (χ0v) is 15.8. The van der Waals surface area contributed by atoms with Gasteiger partial charge in [0.2, 0.25) is 0 Å². The number of rotatable bonds is 4. The Kier molecular flexibility index (Phi) is 4.81. The Labute approximate surface area is 155 Å². The quantitative estimate of drug-likeness (QED) is 0.918. The molecule has 5 heteroatoms. The zero-order valence-electron chi connectivity index (χ0n) is 15.8. The Hall–Kier alpha value is -2.14. The van der Waals surface area contributed by atoms with Gasteiger partial charge in [0.05, 0.1) is 5.69 Å². The van der Waals surface area contributed by atoms with E-state index in [0.29, 0.717) is 5.56 Å². The van der Waals surface area contributed by atoms with E-state index in [2.05, 4.69) is 34.4 Å². The number of hydrogen-bond acceptors (Lipinski definition) is 3. The summed E-state index contributed by atoms with van der Waals surface area (Å²) in [6, 6.07) is 8.05. The summed E-state index contributed by atoms with van der Waals surface area (Å²) in [7, 11) is 1.90. The van der Waals surface area contributed by atoms with Crippen molar-refractivity contribution in [3.05, 3.63) is 46.6 Å². The smallest absolute Gasteiger partial charge is 0.256 e. The Morgan fingerprint density at radius 3 is 2.81 bits per heavy atom. The van der Waals surface area contributed by atoms with Crippen LogP contribution < -0.4 is 5.32 Å². The molecule has 1 saturated heterocycles. The predicted molar refractivity (Wildman–Crippen MR) is 103 cm³/mol. The van der Waals surface area contributed by atoms with Gasteiger partial charge < -0.3 is 5.32 Å². The molecule has 5 nitrogen and oxygen atoms in total. The van der Waals surface area contributed by atoms with Gasteiger partial charge in [-0.2, -0.15) is 5.10 Å². The van der Waals surface area contributed by atoms with Crippen LogP contribution in [-0.4, -0.2) is 33.7 Å². The maximum absolute atomic E-state index is 12.6. The lowest BCUT2D eigenvalue weighted by Gasteiger charge is -2.30. The fraction of sp³-hybridized carbons (Fsp3) is 0.524. The van der Waals surface area contributed by atoms with Crippen LogP contribution in [0.25, 0.3) is 0 Å². The molecule has 2 heterocycles. The van der Waals surface area contributed by atoms with Crippen molar-refractivity contribution in [1.29, 1.82) is 0 Å². The van der Waals surface area contributed by atoms with Gasteiger partial charge in [0.1, 0.15) is 5.82 Å². The molecule has 1 N–H and O–H groups in total. The fourth-order valence-electron chi connectivity index (χ4n) is 4.31. The van der Waals surface area contributed by atoms with Crippen LogP contribution in [0.2, 0.25) is 0 Å². The Balaban J connectivity index is 1.41. The minimum absolute atomic E-state index is 0.0548. The number of amides is 1. The van der Waals surface area contributed by atoms with Crippen molar-refractivity contribution in [2.24, 2.45) is 13.0 Å². The molecular weight excluding hydrogens is 324 g/mol. The Bertz CT molecular complexity index is 793. The van der Waals surface area contributed by atoms with Crippen LogP contribution in [0.4, 0.5) is 5.82 Å². The average Bonchev–Trinajstić information content (AvgIpc) is 3.18. The highest BCUT2D eigenvalue weighted by molar-refractivity contribution is 6.04. The zero-order chi connectivity index (χ0) is 18.1. The molecule has 1 aliphatic heterocycles. The van der Waals surface area contributed by atoms with Gasteiger partial charge in [-0.15, -0.1) is 0 Å². The summed E-state index contributed by atoms with van der Waals surface area (Å²) in [6.07, 6.45) is 5.78. The number of aromatic nitrogens is 2. The number of carbonyl (C=O) groups excluding carboxylic acids is 1. The van der Waals surface area contributed by atoms with E-state index >= 15 is 0 Å². The van der Waals surface area contributed by atoms with Gasteiger partial charge in [-0.3, -0.25) is 14.4 Å². The van der Waals surface area contributed by atoms with Crippen LogP contribution in [0.5, 0.6) is 0 Å². The molecule has 0 spiro atoms. The monoisotopic (exact) mass is 352 g/mol. The Morgan fingerprint density at radius 1 is 1.23 bits per heavy atom. The van der Waals surface area contributed by atoms with Gasteiger partial charge in [0, 0.05) is 31.3 Å². The van der Waals surface area contributed by atoms with Gasteiger partial charge in [0.15, 0.2) is 0 Å². The second kappa shape index (κ2) is 7.23. The second-order valence-electron chi connectivity index (χ2n) is 7.88. The molecule has 138 valence electrons.